The fourth-order valence-corrected chi connectivity index (χ4v) is 3.66. The number of benzene rings is 1. The second kappa shape index (κ2) is 10.8. The van der Waals surface area contributed by atoms with Gasteiger partial charge in [-0.05, 0) is 45.4 Å². The molecule has 2 heterocycles. The van der Waals surface area contributed by atoms with Crippen molar-refractivity contribution in [2.75, 3.05) is 38.0 Å². The van der Waals surface area contributed by atoms with E-state index in [0.29, 0.717) is 26.2 Å². The van der Waals surface area contributed by atoms with Crippen molar-refractivity contribution in [3.63, 3.8) is 0 Å². The first-order valence-corrected chi connectivity index (χ1v) is 11.4. The van der Waals surface area contributed by atoms with Crippen molar-refractivity contribution in [3.05, 3.63) is 29.6 Å². The number of ether oxygens (including phenoxy) is 1. The fraction of sp³-hybridized carbons (Fsp3) is 0.522. The predicted octanol–water partition coefficient (Wildman–Crippen LogP) is 0.852. The van der Waals surface area contributed by atoms with Gasteiger partial charge in [-0.25, -0.2) is 9.18 Å². The Morgan fingerprint density at radius 3 is 2.46 bits per heavy atom. The number of amides is 5. The summed E-state index contributed by atoms with van der Waals surface area (Å²) in [4.78, 5) is 63.7. The van der Waals surface area contributed by atoms with Crippen LogP contribution in [0.1, 0.15) is 44.0 Å². The summed E-state index contributed by atoms with van der Waals surface area (Å²) in [5, 5.41) is 7.17. The summed E-state index contributed by atoms with van der Waals surface area (Å²) < 4.78 is 19.6. The molecule has 0 aromatic heterocycles. The van der Waals surface area contributed by atoms with Crippen molar-refractivity contribution >= 4 is 35.4 Å². The maximum Gasteiger partial charge on any atom is 0.410 e. The van der Waals surface area contributed by atoms with Gasteiger partial charge in [0.25, 0.3) is 5.91 Å². The molecule has 5 amide bonds. The predicted molar refractivity (Wildman–Crippen MR) is 123 cm³/mol. The van der Waals surface area contributed by atoms with Crippen molar-refractivity contribution in [1.82, 2.24) is 20.4 Å². The zero-order valence-corrected chi connectivity index (χ0v) is 20.0. The lowest BCUT2D eigenvalue weighted by Crippen LogP contribution is -2.52. The first-order valence-electron chi connectivity index (χ1n) is 11.4. The monoisotopic (exact) mass is 491 g/mol. The molecule has 0 radical (unpaired) electrons. The van der Waals surface area contributed by atoms with Gasteiger partial charge in [-0.15, -0.1) is 0 Å². The second-order valence-electron chi connectivity index (χ2n) is 9.46. The van der Waals surface area contributed by atoms with Crippen LogP contribution in [-0.4, -0.2) is 83.9 Å². The molecule has 190 valence electrons. The number of hydrogen-bond donors (Lipinski definition) is 3. The molecule has 0 spiro atoms. The van der Waals surface area contributed by atoms with Crippen molar-refractivity contribution in [1.29, 1.82) is 0 Å². The minimum atomic E-state index is -0.947. The van der Waals surface area contributed by atoms with Crippen LogP contribution in [0.4, 0.5) is 14.9 Å². The number of hydrogen-bond acceptors (Lipinski definition) is 7. The van der Waals surface area contributed by atoms with E-state index in [1.54, 1.807) is 25.7 Å². The highest BCUT2D eigenvalue weighted by Crippen LogP contribution is 2.17. The molecule has 1 aromatic carbocycles. The number of nitrogens with one attached hydrogen (secondary N) is 3. The summed E-state index contributed by atoms with van der Waals surface area (Å²) >= 11 is 0. The number of piperazine rings is 1. The Labute approximate surface area is 202 Å². The highest BCUT2D eigenvalue weighted by atomic mass is 19.1. The summed E-state index contributed by atoms with van der Waals surface area (Å²) in [6.07, 6.45) is -0.201. The topological polar surface area (TPSA) is 137 Å². The molecule has 0 bridgehead atoms. The molecule has 2 fully saturated rings. The number of carbonyl (C=O) groups excluding carboxylic acids is 5. The smallest absolute Gasteiger partial charge is 0.410 e. The number of carbonyl (C=O) groups is 5. The second-order valence-corrected chi connectivity index (χ2v) is 9.46. The summed E-state index contributed by atoms with van der Waals surface area (Å²) in [5.74, 6) is -3.08. The van der Waals surface area contributed by atoms with E-state index in [-0.39, 0.29) is 36.5 Å². The summed E-state index contributed by atoms with van der Waals surface area (Å²) in [5.41, 5.74) is -0.698. The maximum atomic E-state index is 14.3. The molecule has 2 aliphatic rings. The zero-order valence-electron chi connectivity index (χ0n) is 20.0. The van der Waals surface area contributed by atoms with Gasteiger partial charge in [-0.1, -0.05) is 0 Å². The van der Waals surface area contributed by atoms with E-state index < -0.39 is 41.3 Å². The average Bonchev–Trinajstić information content (AvgIpc) is 2.76. The zero-order chi connectivity index (χ0) is 25.8. The van der Waals surface area contributed by atoms with E-state index >= 15 is 0 Å². The van der Waals surface area contributed by atoms with E-state index in [1.165, 1.54) is 12.1 Å². The Morgan fingerprint density at radius 1 is 1.14 bits per heavy atom. The Kier molecular flexibility index (Phi) is 8.05. The van der Waals surface area contributed by atoms with Gasteiger partial charge in [0.15, 0.2) is 0 Å². The molecule has 1 unspecified atom stereocenters. The van der Waals surface area contributed by atoms with E-state index in [2.05, 4.69) is 16.0 Å². The third-order valence-corrected chi connectivity index (χ3v) is 5.43. The van der Waals surface area contributed by atoms with Crippen LogP contribution in [0.15, 0.2) is 18.2 Å². The molecule has 2 aliphatic heterocycles. The van der Waals surface area contributed by atoms with Crippen molar-refractivity contribution in [3.8, 4) is 0 Å². The van der Waals surface area contributed by atoms with Crippen LogP contribution in [0.2, 0.25) is 0 Å². The minimum Gasteiger partial charge on any atom is -0.444 e. The quantitative estimate of drug-likeness (QED) is 0.520. The third-order valence-electron chi connectivity index (χ3n) is 5.43. The van der Waals surface area contributed by atoms with Crippen molar-refractivity contribution < 1.29 is 33.1 Å². The normalized spacial score (nSPS) is 19.1. The van der Waals surface area contributed by atoms with Crippen molar-refractivity contribution in [2.45, 2.75) is 45.3 Å². The van der Waals surface area contributed by atoms with Gasteiger partial charge < -0.3 is 20.3 Å². The van der Waals surface area contributed by atoms with Crippen LogP contribution in [0.3, 0.4) is 0 Å². The van der Waals surface area contributed by atoms with Gasteiger partial charge in [0, 0.05) is 38.3 Å². The molecule has 1 aromatic rings. The number of imide groups is 1. The Hall–Kier alpha value is -3.54. The Bertz CT molecular complexity index is 1020. The Morgan fingerprint density at radius 2 is 1.83 bits per heavy atom. The molecular formula is C23H30FN5O6. The van der Waals surface area contributed by atoms with Gasteiger partial charge in [0.1, 0.15) is 17.5 Å². The molecule has 0 saturated carbocycles. The molecular weight excluding hydrogens is 461 g/mol. The standard InChI is InChI=1S/C23H30FN5O6/c1-23(2,3)35-22(34)29-10-8-28(9-11-29)13-19(31)25-14-4-5-16(24)15(12-14)20(32)26-17-6-7-18(30)27-21(17)33/h4-5,12,17H,6-11,13H2,1-3H3,(H,25,31)(H,26,32)(H,27,30,33). The third kappa shape index (κ3) is 7.47. The first-order chi connectivity index (χ1) is 16.4. The molecule has 11 nitrogen and oxygen atoms in total. The highest BCUT2D eigenvalue weighted by Gasteiger charge is 2.29. The molecule has 35 heavy (non-hydrogen) atoms. The van der Waals surface area contributed by atoms with Gasteiger partial charge >= 0.3 is 6.09 Å². The lowest BCUT2D eigenvalue weighted by Gasteiger charge is -2.35. The minimum absolute atomic E-state index is 0.0529. The number of anilines is 1. The molecule has 12 heteroatoms. The van der Waals surface area contributed by atoms with E-state index in [9.17, 15) is 28.4 Å². The van der Waals surface area contributed by atoms with E-state index in [1.807, 2.05) is 4.90 Å². The van der Waals surface area contributed by atoms with Gasteiger partial charge in [0.2, 0.25) is 17.7 Å². The van der Waals surface area contributed by atoms with Crippen LogP contribution in [-0.2, 0) is 19.1 Å². The largest absolute Gasteiger partial charge is 0.444 e. The lowest BCUT2D eigenvalue weighted by atomic mass is 10.1. The molecule has 3 rings (SSSR count). The molecule has 0 aliphatic carbocycles. The molecule has 2 saturated heterocycles. The van der Waals surface area contributed by atoms with Crippen LogP contribution in [0, 0.1) is 5.82 Å². The molecule has 1 atom stereocenters. The van der Waals surface area contributed by atoms with Gasteiger partial charge in [-0.3, -0.25) is 29.4 Å². The van der Waals surface area contributed by atoms with E-state index in [0.717, 1.165) is 6.07 Å². The van der Waals surface area contributed by atoms with Gasteiger partial charge in [-0.2, -0.15) is 0 Å². The lowest BCUT2D eigenvalue weighted by molar-refractivity contribution is -0.134. The summed E-state index contributed by atoms with van der Waals surface area (Å²) in [6.45, 7) is 7.25. The van der Waals surface area contributed by atoms with Crippen LogP contribution in [0.25, 0.3) is 0 Å². The van der Waals surface area contributed by atoms with Gasteiger partial charge in [0.05, 0.1) is 12.1 Å². The van der Waals surface area contributed by atoms with Crippen LogP contribution >= 0.6 is 0 Å². The van der Waals surface area contributed by atoms with Crippen molar-refractivity contribution in [2.24, 2.45) is 0 Å². The maximum absolute atomic E-state index is 14.3. The Balaban J connectivity index is 1.52. The van der Waals surface area contributed by atoms with E-state index in [4.69, 9.17) is 4.74 Å². The van der Waals surface area contributed by atoms with Crippen LogP contribution in [0.5, 0.6) is 0 Å². The number of nitrogens with zero attached hydrogens (tertiary/aromatic N) is 2. The summed E-state index contributed by atoms with van der Waals surface area (Å²) in [7, 11) is 0. The average molecular weight is 492 g/mol. The highest BCUT2D eigenvalue weighted by molar-refractivity contribution is 6.04. The SMILES string of the molecule is CC(C)(C)OC(=O)N1CCN(CC(=O)Nc2ccc(F)c(C(=O)NC3CCC(=O)NC3=O)c2)CC1. The van der Waals surface area contributed by atoms with Crippen LogP contribution < -0.4 is 16.0 Å². The number of halogens is 1. The number of rotatable bonds is 5. The summed E-state index contributed by atoms with van der Waals surface area (Å²) in [6, 6.07) is 2.62. The number of piperidine rings is 1. The molecule has 3 N–H and O–H groups in total. The first kappa shape index (κ1) is 26.1. The fourth-order valence-electron chi connectivity index (χ4n) is 3.66.